The summed E-state index contributed by atoms with van der Waals surface area (Å²) < 4.78 is 16.0. The van der Waals surface area contributed by atoms with Crippen molar-refractivity contribution in [2.24, 2.45) is 7.05 Å². The van der Waals surface area contributed by atoms with Crippen LogP contribution in [0, 0.1) is 5.82 Å². The fraction of sp³-hybridized carbons (Fsp3) is 0.438. The van der Waals surface area contributed by atoms with E-state index in [4.69, 9.17) is 11.6 Å². The molecule has 0 saturated carbocycles. The lowest BCUT2D eigenvalue weighted by molar-refractivity contribution is 0.497. The van der Waals surface area contributed by atoms with Gasteiger partial charge in [0.2, 0.25) is 0 Å². The number of rotatable bonds is 6. The number of aromatic nitrogens is 2. The lowest BCUT2D eigenvalue weighted by atomic mass is 10.0. The molecule has 0 aliphatic carbocycles. The van der Waals surface area contributed by atoms with E-state index < -0.39 is 0 Å². The third-order valence-corrected chi connectivity index (χ3v) is 3.83. The van der Waals surface area contributed by atoms with Gasteiger partial charge >= 0.3 is 0 Å². The second kappa shape index (κ2) is 7.05. The topological polar surface area (TPSA) is 29.9 Å². The molecule has 0 aliphatic rings. The fourth-order valence-corrected chi connectivity index (χ4v) is 2.63. The van der Waals surface area contributed by atoms with Gasteiger partial charge in [0.05, 0.1) is 5.69 Å². The Kier molecular flexibility index (Phi) is 5.37. The van der Waals surface area contributed by atoms with Crippen LogP contribution in [0.5, 0.6) is 0 Å². The van der Waals surface area contributed by atoms with Crippen LogP contribution in [0.4, 0.5) is 4.39 Å². The van der Waals surface area contributed by atoms with Crippen LogP contribution in [0.3, 0.4) is 0 Å². The minimum atomic E-state index is -0.272. The van der Waals surface area contributed by atoms with Crippen molar-refractivity contribution in [2.45, 2.75) is 32.7 Å². The average Bonchev–Trinajstić information content (AvgIpc) is 2.79. The molecule has 1 atom stereocenters. The number of likely N-dealkylation sites (N-methyl/N-ethyl adjacent to an activating group) is 1. The molecule has 1 N–H and O–H groups in total. The minimum absolute atomic E-state index is 0.0904. The molecule has 3 nitrogen and oxygen atoms in total. The Labute approximate surface area is 130 Å². The molecule has 2 aromatic rings. The van der Waals surface area contributed by atoms with Gasteiger partial charge in [-0.05, 0) is 31.2 Å². The van der Waals surface area contributed by atoms with Crippen molar-refractivity contribution in [3.63, 3.8) is 0 Å². The molecule has 114 valence electrons. The van der Waals surface area contributed by atoms with E-state index in [9.17, 15) is 4.39 Å². The van der Waals surface area contributed by atoms with Crippen molar-refractivity contribution in [3.05, 3.63) is 52.1 Å². The summed E-state index contributed by atoms with van der Waals surface area (Å²) in [6.07, 6.45) is 1.59. The highest BCUT2D eigenvalue weighted by Gasteiger charge is 2.18. The first-order chi connectivity index (χ1) is 10.0. The zero-order valence-corrected chi connectivity index (χ0v) is 13.4. The Hall–Kier alpha value is -1.39. The molecule has 5 heteroatoms. The van der Waals surface area contributed by atoms with Crippen LogP contribution in [0.25, 0.3) is 0 Å². The fourth-order valence-electron chi connectivity index (χ4n) is 2.47. The molecule has 0 saturated heterocycles. The van der Waals surface area contributed by atoms with E-state index in [2.05, 4.69) is 23.4 Å². The number of nitrogens with zero attached hydrogens (tertiary/aromatic N) is 2. The molecule has 0 amide bonds. The summed E-state index contributed by atoms with van der Waals surface area (Å²) in [5, 5.41) is 8.20. The molecule has 1 heterocycles. The van der Waals surface area contributed by atoms with Gasteiger partial charge in [-0.25, -0.2) is 4.39 Å². The maximum absolute atomic E-state index is 14.2. The second-order valence-electron chi connectivity index (χ2n) is 5.08. The molecular formula is C16H21ClFN3. The van der Waals surface area contributed by atoms with Gasteiger partial charge in [0, 0.05) is 35.8 Å². The predicted molar refractivity (Wildman–Crippen MR) is 84.1 cm³/mol. The first kappa shape index (κ1) is 16.0. The molecule has 0 fully saturated rings. The van der Waals surface area contributed by atoms with Crippen molar-refractivity contribution in [3.8, 4) is 0 Å². The van der Waals surface area contributed by atoms with Crippen LogP contribution in [-0.4, -0.2) is 16.3 Å². The number of hydrogen-bond acceptors (Lipinski definition) is 2. The quantitative estimate of drug-likeness (QED) is 0.882. The standard InChI is InChI=1S/C16H21ClFN3/c1-4-12-9-13(21(3)20-12)10-16(19-5-2)14-7-6-11(17)8-15(14)18/h6-9,16,19H,4-5,10H2,1-3H3. The summed E-state index contributed by atoms with van der Waals surface area (Å²) in [5.41, 5.74) is 2.78. The highest BCUT2D eigenvalue weighted by molar-refractivity contribution is 6.30. The second-order valence-corrected chi connectivity index (χ2v) is 5.52. The molecular weight excluding hydrogens is 289 g/mol. The monoisotopic (exact) mass is 309 g/mol. The van der Waals surface area contributed by atoms with Crippen LogP contribution in [0.2, 0.25) is 5.02 Å². The van der Waals surface area contributed by atoms with Crippen molar-refractivity contribution < 1.29 is 4.39 Å². The highest BCUT2D eigenvalue weighted by Crippen LogP contribution is 2.24. The maximum Gasteiger partial charge on any atom is 0.129 e. The summed E-state index contributed by atoms with van der Waals surface area (Å²) in [4.78, 5) is 0. The van der Waals surface area contributed by atoms with E-state index in [0.29, 0.717) is 17.0 Å². The lowest BCUT2D eigenvalue weighted by Crippen LogP contribution is -2.24. The van der Waals surface area contributed by atoms with Crippen LogP contribution < -0.4 is 5.32 Å². The molecule has 1 aromatic carbocycles. The van der Waals surface area contributed by atoms with E-state index >= 15 is 0 Å². The summed E-state index contributed by atoms with van der Waals surface area (Å²) in [6.45, 7) is 4.86. The zero-order chi connectivity index (χ0) is 15.4. The summed E-state index contributed by atoms with van der Waals surface area (Å²) >= 11 is 5.83. The molecule has 0 spiro atoms. The van der Waals surface area contributed by atoms with E-state index in [1.54, 1.807) is 12.1 Å². The first-order valence-electron chi connectivity index (χ1n) is 7.25. The van der Waals surface area contributed by atoms with E-state index in [-0.39, 0.29) is 11.9 Å². The number of halogens is 2. The van der Waals surface area contributed by atoms with Crippen molar-refractivity contribution >= 4 is 11.6 Å². The lowest BCUT2D eigenvalue weighted by Gasteiger charge is -2.19. The zero-order valence-electron chi connectivity index (χ0n) is 12.7. The number of benzene rings is 1. The Morgan fingerprint density at radius 2 is 2.10 bits per heavy atom. The SMILES string of the molecule is CCNC(Cc1cc(CC)nn1C)c1ccc(Cl)cc1F. The maximum atomic E-state index is 14.2. The minimum Gasteiger partial charge on any atom is -0.310 e. The van der Waals surface area contributed by atoms with E-state index in [0.717, 1.165) is 24.4 Å². The van der Waals surface area contributed by atoms with Crippen LogP contribution >= 0.6 is 11.6 Å². The van der Waals surface area contributed by atoms with Gasteiger partial charge in [0.25, 0.3) is 0 Å². The van der Waals surface area contributed by atoms with Crippen molar-refractivity contribution in [2.75, 3.05) is 6.54 Å². The van der Waals surface area contributed by atoms with Crippen LogP contribution in [0.15, 0.2) is 24.3 Å². The summed E-state index contributed by atoms with van der Waals surface area (Å²) in [6, 6.07) is 6.83. The van der Waals surface area contributed by atoms with Gasteiger partial charge in [-0.2, -0.15) is 5.10 Å². The van der Waals surface area contributed by atoms with Gasteiger partial charge in [-0.3, -0.25) is 4.68 Å². The Balaban J connectivity index is 2.28. The molecule has 1 aromatic heterocycles. The molecule has 0 radical (unpaired) electrons. The van der Waals surface area contributed by atoms with Crippen molar-refractivity contribution in [1.29, 1.82) is 0 Å². The first-order valence-corrected chi connectivity index (χ1v) is 7.63. The third-order valence-electron chi connectivity index (χ3n) is 3.59. The van der Waals surface area contributed by atoms with Gasteiger partial charge < -0.3 is 5.32 Å². The smallest absolute Gasteiger partial charge is 0.129 e. The summed E-state index contributed by atoms with van der Waals surface area (Å²) in [5.74, 6) is -0.272. The highest BCUT2D eigenvalue weighted by atomic mass is 35.5. The normalized spacial score (nSPS) is 12.6. The van der Waals surface area contributed by atoms with Crippen molar-refractivity contribution in [1.82, 2.24) is 15.1 Å². The van der Waals surface area contributed by atoms with Crippen LogP contribution in [0.1, 0.15) is 36.8 Å². The molecule has 1 unspecified atom stereocenters. The molecule has 0 bridgehead atoms. The molecule has 0 aliphatic heterocycles. The van der Waals surface area contributed by atoms with Gasteiger partial charge in [0.15, 0.2) is 0 Å². The van der Waals surface area contributed by atoms with Gasteiger partial charge in [-0.1, -0.05) is 31.5 Å². The third kappa shape index (κ3) is 3.83. The molecule has 2 rings (SSSR count). The Bertz CT molecular complexity index is 610. The Morgan fingerprint density at radius 3 is 2.67 bits per heavy atom. The van der Waals surface area contributed by atoms with Crippen LogP contribution in [-0.2, 0) is 19.9 Å². The van der Waals surface area contributed by atoms with E-state index in [1.807, 2.05) is 18.7 Å². The predicted octanol–water partition coefficient (Wildman–Crippen LogP) is 3.67. The van der Waals surface area contributed by atoms with Gasteiger partial charge in [0.1, 0.15) is 5.82 Å². The number of aryl methyl sites for hydroxylation is 2. The number of nitrogens with one attached hydrogen (secondary N) is 1. The largest absolute Gasteiger partial charge is 0.310 e. The summed E-state index contributed by atoms with van der Waals surface area (Å²) in [7, 11) is 1.93. The average molecular weight is 310 g/mol. The van der Waals surface area contributed by atoms with E-state index in [1.165, 1.54) is 6.07 Å². The number of hydrogen-bond donors (Lipinski definition) is 1. The molecule has 21 heavy (non-hydrogen) atoms. The Morgan fingerprint density at radius 1 is 1.33 bits per heavy atom. The van der Waals surface area contributed by atoms with Gasteiger partial charge in [-0.15, -0.1) is 0 Å².